The predicted octanol–water partition coefficient (Wildman–Crippen LogP) is 3.09. The first-order valence-electron chi connectivity index (χ1n) is 8.21. The standard InChI is InChI=1S/C18H21N3O2S/c1-3-12-4-6-13(7-5-12)20-15(22)10-16-19-11(2)17(24-16)18(23)21-14-8-9-14/h4-7,14H,3,8-10H2,1-2H3,(H,20,22)(H,21,23). The van der Waals surface area contributed by atoms with Gasteiger partial charge in [-0.1, -0.05) is 19.1 Å². The van der Waals surface area contributed by atoms with Gasteiger partial charge in [0.15, 0.2) is 0 Å². The maximum absolute atomic E-state index is 12.2. The number of aryl methyl sites for hydroxylation is 2. The zero-order valence-corrected chi connectivity index (χ0v) is 14.7. The number of benzene rings is 1. The fourth-order valence-corrected chi connectivity index (χ4v) is 3.35. The molecule has 0 saturated heterocycles. The van der Waals surface area contributed by atoms with Crippen LogP contribution in [0.15, 0.2) is 24.3 Å². The summed E-state index contributed by atoms with van der Waals surface area (Å²) in [5, 5.41) is 6.49. The molecule has 1 fully saturated rings. The van der Waals surface area contributed by atoms with Crippen LogP contribution in [0.3, 0.4) is 0 Å². The molecule has 1 heterocycles. The van der Waals surface area contributed by atoms with Gasteiger partial charge in [-0.25, -0.2) is 4.98 Å². The SMILES string of the molecule is CCc1ccc(NC(=O)Cc2nc(C)c(C(=O)NC3CC3)s2)cc1. The van der Waals surface area contributed by atoms with Crippen LogP contribution < -0.4 is 10.6 Å². The van der Waals surface area contributed by atoms with E-state index in [0.29, 0.717) is 21.6 Å². The highest BCUT2D eigenvalue weighted by Gasteiger charge is 2.26. The van der Waals surface area contributed by atoms with Gasteiger partial charge in [0.25, 0.3) is 5.91 Å². The Morgan fingerprint density at radius 2 is 1.96 bits per heavy atom. The first-order valence-corrected chi connectivity index (χ1v) is 9.02. The quantitative estimate of drug-likeness (QED) is 0.847. The minimum Gasteiger partial charge on any atom is -0.349 e. The minimum atomic E-state index is -0.123. The molecular weight excluding hydrogens is 322 g/mol. The third-order valence-corrected chi connectivity index (χ3v) is 5.07. The van der Waals surface area contributed by atoms with Crippen LogP contribution in [0.2, 0.25) is 0 Å². The van der Waals surface area contributed by atoms with E-state index in [1.807, 2.05) is 31.2 Å². The molecule has 1 aliphatic rings. The van der Waals surface area contributed by atoms with Gasteiger partial charge >= 0.3 is 0 Å². The highest BCUT2D eigenvalue weighted by Crippen LogP contribution is 2.23. The van der Waals surface area contributed by atoms with Crippen LogP contribution in [0.4, 0.5) is 5.69 Å². The fraction of sp³-hybridized carbons (Fsp3) is 0.389. The molecule has 0 unspecified atom stereocenters. The third-order valence-electron chi connectivity index (χ3n) is 3.92. The lowest BCUT2D eigenvalue weighted by atomic mass is 10.1. The third kappa shape index (κ3) is 4.20. The molecule has 3 rings (SSSR count). The first-order chi connectivity index (χ1) is 11.5. The summed E-state index contributed by atoms with van der Waals surface area (Å²) in [6.07, 6.45) is 3.25. The Morgan fingerprint density at radius 1 is 1.25 bits per heavy atom. The van der Waals surface area contributed by atoms with E-state index in [9.17, 15) is 9.59 Å². The second-order valence-corrected chi connectivity index (χ2v) is 7.13. The van der Waals surface area contributed by atoms with Crippen molar-refractivity contribution >= 4 is 28.8 Å². The van der Waals surface area contributed by atoms with Crippen molar-refractivity contribution in [1.82, 2.24) is 10.3 Å². The summed E-state index contributed by atoms with van der Waals surface area (Å²) in [5.74, 6) is -0.198. The Kier molecular flexibility index (Phi) is 4.94. The molecule has 1 aromatic carbocycles. The lowest BCUT2D eigenvalue weighted by molar-refractivity contribution is -0.115. The van der Waals surface area contributed by atoms with E-state index in [2.05, 4.69) is 22.5 Å². The molecule has 2 N–H and O–H groups in total. The second kappa shape index (κ2) is 7.13. The number of nitrogens with one attached hydrogen (secondary N) is 2. The van der Waals surface area contributed by atoms with Gasteiger partial charge in [-0.2, -0.15) is 0 Å². The maximum atomic E-state index is 12.2. The molecule has 1 saturated carbocycles. The second-order valence-electron chi connectivity index (χ2n) is 6.05. The summed E-state index contributed by atoms with van der Waals surface area (Å²) in [6.45, 7) is 3.90. The molecule has 5 nitrogen and oxygen atoms in total. The number of nitrogens with zero attached hydrogens (tertiary/aromatic N) is 1. The van der Waals surface area contributed by atoms with Crippen molar-refractivity contribution in [1.29, 1.82) is 0 Å². The number of carbonyl (C=O) groups is 2. The van der Waals surface area contributed by atoms with E-state index in [1.165, 1.54) is 16.9 Å². The van der Waals surface area contributed by atoms with Gasteiger partial charge in [-0.05, 0) is 43.9 Å². The van der Waals surface area contributed by atoms with Gasteiger partial charge in [0.05, 0.1) is 12.1 Å². The Bertz CT molecular complexity index is 748. The van der Waals surface area contributed by atoms with Crippen LogP contribution in [0.1, 0.15) is 45.7 Å². The summed E-state index contributed by atoms with van der Waals surface area (Å²) >= 11 is 1.30. The Labute approximate surface area is 145 Å². The fourth-order valence-electron chi connectivity index (χ4n) is 2.38. The summed E-state index contributed by atoms with van der Waals surface area (Å²) in [6, 6.07) is 8.13. The van der Waals surface area contributed by atoms with E-state index in [0.717, 1.165) is 24.9 Å². The molecule has 0 spiro atoms. The summed E-state index contributed by atoms with van der Waals surface area (Å²) in [5.41, 5.74) is 2.69. The largest absolute Gasteiger partial charge is 0.349 e. The van der Waals surface area contributed by atoms with Crippen molar-refractivity contribution in [3.05, 3.63) is 45.4 Å². The van der Waals surface area contributed by atoms with Gasteiger partial charge in [-0.3, -0.25) is 9.59 Å². The molecule has 126 valence electrons. The van der Waals surface area contributed by atoms with Gasteiger partial charge in [0.1, 0.15) is 9.88 Å². The molecule has 0 radical (unpaired) electrons. The maximum Gasteiger partial charge on any atom is 0.263 e. The monoisotopic (exact) mass is 343 g/mol. The van der Waals surface area contributed by atoms with E-state index >= 15 is 0 Å². The summed E-state index contributed by atoms with van der Waals surface area (Å²) < 4.78 is 0. The smallest absolute Gasteiger partial charge is 0.263 e. The molecular formula is C18H21N3O2S. The number of aromatic nitrogens is 1. The number of hydrogen-bond acceptors (Lipinski definition) is 4. The van der Waals surface area contributed by atoms with Crippen molar-refractivity contribution in [2.24, 2.45) is 0 Å². The highest BCUT2D eigenvalue weighted by atomic mass is 32.1. The molecule has 2 amide bonds. The zero-order valence-electron chi connectivity index (χ0n) is 13.9. The molecule has 0 atom stereocenters. The number of anilines is 1. The normalized spacial score (nSPS) is 13.6. The topological polar surface area (TPSA) is 71.1 Å². The first kappa shape index (κ1) is 16.6. The molecule has 24 heavy (non-hydrogen) atoms. The number of rotatable bonds is 6. The average Bonchev–Trinajstić information content (AvgIpc) is 3.29. The molecule has 1 aromatic heterocycles. The van der Waals surface area contributed by atoms with E-state index in [-0.39, 0.29) is 18.2 Å². The van der Waals surface area contributed by atoms with Crippen LogP contribution in [0.5, 0.6) is 0 Å². The highest BCUT2D eigenvalue weighted by molar-refractivity contribution is 7.13. The number of hydrogen-bond donors (Lipinski definition) is 2. The van der Waals surface area contributed by atoms with Gasteiger partial charge in [0, 0.05) is 11.7 Å². The van der Waals surface area contributed by atoms with Gasteiger partial charge < -0.3 is 10.6 Å². The Balaban J connectivity index is 1.60. The Hall–Kier alpha value is -2.21. The summed E-state index contributed by atoms with van der Waals surface area (Å²) in [7, 11) is 0. The van der Waals surface area contributed by atoms with Gasteiger partial charge in [0.2, 0.25) is 5.91 Å². The van der Waals surface area contributed by atoms with Crippen LogP contribution in [-0.2, 0) is 17.6 Å². The average molecular weight is 343 g/mol. The van der Waals surface area contributed by atoms with E-state index in [4.69, 9.17) is 0 Å². The number of carbonyl (C=O) groups excluding carboxylic acids is 2. The molecule has 0 bridgehead atoms. The van der Waals surface area contributed by atoms with Crippen molar-refractivity contribution in [3.8, 4) is 0 Å². The van der Waals surface area contributed by atoms with Crippen molar-refractivity contribution in [2.45, 2.75) is 45.6 Å². The van der Waals surface area contributed by atoms with Crippen molar-refractivity contribution in [3.63, 3.8) is 0 Å². The van der Waals surface area contributed by atoms with Crippen molar-refractivity contribution < 1.29 is 9.59 Å². The lowest BCUT2D eigenvalue weighted by Gasteiger charge is -2.04. The Morgan fingerprint density at radius 3 is 2.58 bits per heavy atom. The molecule has 2 aromatic rings. The number of thiazole rings is 1. The van der Waals surface area contributed by atoms with Crippen molar-refractivity contribution in [2.75, 3.05) is 5.32 Å². The van der Waals surface area contributed by atoms with Crippen LogP contribution in [0, 0.1) is 6.92 Å². The van der Waals surface area contributed by atoms with Crippen LogP contribution >= 0.6 is 11.3 Å². The van der Waals surface area contributed by atoms with Gasteiger partial charge in [-0.15, -0.1) is 11.3 Å². The summed E-state index contributed by atoms with van der Waals surface area (Å²) in [4.78, 5) is 29.3. The number of amides is 2. The molecule has 0 aliphatic heterocycles. The zero-order chi connectivity index (χ0) is 17.1. The van der Waals surface area contributed by atoms with Crippen LogP contribution in [-0.4, -0.2) is 22.8 Å². The minimum absolute atomic E-state index is 0.0747. The van der Waals surface area contributed by atoms with E-state index < -0.39 is 0 Å². The van der Waals surface area contributed by atoms with Crippen LogP contribution in [0.25, 0.3) is 0 Å². The molecule has 1 aliphatic carbocycles. The molecule has 6 heteroatoms. The van der Waals surface area contributed by atoms with E-state index in [1.54, 1.807) is 0 Å². The predicted molar refractivity (Wildman–Crippen MR) is 95.5 cm³/mol. The lowest BCUT2D eigenvalue weighted by Crippen LogP contribution is -2.25.